The Kier molecular flexibility index (Phi) is 4.10. The van der Waals surface area contributed by atoms with Crippen molar-refractivity contribution in [3.8, 4) is 23.0 Å². The minimum Gasteiger partial charge on any atom is -0.493 e. The first-order valence-electron chi connectivity index (χ1n) is 5.88. The van der Waals surface area contributed by atoms with E-state index in [4.69, 9.17) is 19.3 Å². The van der Waals surface area contributed by atoms with E-state index in [1.165, 1.54) is 20.3 Å². The molecular weight excluding hydrogens is 260 g/mol. The predicted octanol–water partition coefficient (Wildman–Crippen LogP) is 3.19. The summed E-state index contributed by atoms with van der Waals surface area (Å²) in [7, 11) is 3.01. The van der Waals surface area contributed by atoms with Crippen LogP contribution in [0, 0.1) is 0 Å². The molecule has 0 fully saturated rings. The van der Waals surface area contributed by atoms with E-state index in [1.807, 2.05) is 0 Å². The van der Waals surface area contributed by atoms with Gasteiger partial charge < -0.3 is 19.3 Å². The zero-order valence-electron chi connectivity index (χ0n) is 11.1. The third-order valence-corrected chi connectivity index (χ3v) is 2.71. The lowest BCUT2D eigenvalue weighted by atomic mass is 10.2. The molecule has 0 heterocycles. The Balaban J connectivity index is 2.47. The van der Waals surface area contributed by atoms with E-state index in [1.54, 1.807) is 36.4 Å². The molecule has 0 amide bonds. The van der Waals surface area contributed by atoms with Crippen molar-refractivity contribution in [2.24, 2.45) is 0 Å². The molecule has 0 spiro atoms. The second-order valence-corrected chi connectivity index (χ2v) is 3.90. The summed E-state index contributed by atoms with van der Waals surface area (Å²) in [6, 6.07) is 11.6. The molecule has 0 aliphatic rings. The first-order valence-corrected chi connectivity index (χ1v) is 5.88. The number of carboxylic acids is 1. The van der Waals surface area contributed by atoms with Crippen molar-refractivity contribution < 1.29 is 24.1 Å². The topological polar surface area (TPSA) is 65.0 Å². The Hall–Kier alpha value is -2.69. The van der Waals surface area contributed by atoms with Crippen LogP contribution in [0.5, 0.6) is 23.0 Å². The number of hydrogen-bond acceptors (Lipinski definition) is 4. The molecule has 1 N–H and O–H groups in total. The summed E-state index contributed by atoms with van der Waals surface area (Å²) in [5, 5.41) is 9.15. The maximum atomic E-state index is 11.2. The summed E-state index contributed by atoms with van der Waals surface area (Å²) in [5.74, 6) is 0.428. The zero-order chi connectivity index (χ0) is 14.5. The van der Waals surface area contributed by atoms with Crippen molar-refractivity contribution in [2.75, 3.05) is 14.2 Å². The van der Waals surface area contributed by atoms with Gasteiger partial charge >= 0.3 is 5.97 Å². The van der Waals surface area contributed by atoms with Gasteiger partial charge in [0.15, 0.2) is 11.5 Å². The summed E-state index contributed by atoms with van der Waals surface area (Å²) in [6.45, 7) is 0. The van der Waals surface area contributed by atoms with E-state index in [0.717, 1.165) is 0 Å². The average molecular weight is 274 g/mol. The minimum absolute atomic E-state index is 0.0699. The van der Waals surface area contributed by atoms with Crippen molar-refractivity contribution in [1.29, 1.82) is 0 Å². The lowest BCUT2D eigenvalue weighted by Crippen LogP contribution is -2.01. The van der Waals surface area contributed by atoms with Gasteiger partial charge in [-0.1, -0.05) is 18.2 Å². The Morgan fingerprint density at radius 1 is 0.900 bits per heavy atom. The van der Waals surface area contributed by atoms with E-state index in [0.29, 0.717) is 17.2 Å². The Labute approximate surface area is 116 Å². The fraction of sp³-hybridized carbons (Fsp3) is 0.133. The van der Waals surface area contributed by atoms with Gasteiger partial charge in [0.25, 0.3) is 0 Å². The highest BCUT2D eigenvalue weighted by atomic mass is 16.5. The van der Waals surface area contributed by atoms with Crippen molar-refractivity contribution in [3.05, 3.63) is 48.0 Å². The lowest BCUT2D eigenvalue weighted by Gasteiger charge is -2.14. The number of rotatable bonds is 5. The molecule has 0 unspecified atom stereocenters. The number of ether oxygens (including phenoxy) is 3. The molecule has 0 aliphatic heterocycles. The van der Waals surface area contributed by atoms with Gasteiger partial charge in [0.1, 0.15) is 11.3 Å². The van der Waals surface area contributed by atoms with Crippen LogP contribution in [-0.4, -0.2) is 25.3 Å². The average Bonchev–Trinajstić information content (AvgIpc) is 2.47. The molecule has 2 rings (SSSR count). The highest BCUT2D eigenvalue weighted by Gasteiger charge is 2.16. The summed E-state index contributed by atoms with van der Waals surface area (Å²) < 4.78 is 16.1. The van der Waals surface area contributed by atoms with Crippen LogP contribution in [-0.2, 0) is 0 Å². The van der Waals surface area contributed by atoms with Crippen molar-refractivity contribution in [1.82, 2.24) is 0 Å². The fourth-order valence-corrected chi connectivity index (χ4v) is 1.76. The number of benzene rings is 2. The predicted molar refractivity (Wildman–Crippen MR) is 73.0 cm³/mol. The molecule has 5 heteroatoms. The second-order valence-electron chi connectivity index (χ2n) is 3.90. The molecule has 2 aromatic carbocycles. The Morgan fingerprint density at radius 2 is 1.45 bits per heavy atom. The molecular formula is C15H14O5. The lowest BCUT2D eigenvalue weighted by molar-refractivity contribution is 0.0694. The van der Waals surface area contributed by atoms with E-state index in [-0.39, 0.29) is 11.3 Å². The SMILES string of the molecule is COc1cccc(OC)c1Oc1ccccc1C(=O)O. The van der Waals surface area contributed by atoms with E-state index in [2.05, 4.69) is 0 Å². The van der Waals surface area contributed by atoms with Crippen LogP contribution >= 0.6 is 0 Å². The summed E-state index contributed by atoms with van der Waals surface area (Å²) >= 11 is 0. The first-order chi connectivity index (χ1) is 9.67. The Morgan fingerprint density at radius 3 is 2.00 bits per heavy atom. The van der Waals surface area contributed by atoms with Gasteiger partial charge in [-0.3, -0.25) is 0 Å². The molecule has 20 heavy (non-hydrogen) atoms. The molecule has 104 valence electrons. The number of carboxylic acid groups (broad SMARTS) is 1. The smallest absolute Gasteiger partial charge is 0.339 e. The second kappa shape index (κ2) is 5.97. The minimum atomic E-state index is -1.06. The van der Waals surface area contributed by atoms with Crippen LogP contribution in [0.3, 0.4) is 0 Å². The van der Waals surface area contributed by atoms with Crippen LogP contribution in [0.1, 0.15) is 10.4 Å². The first kappa shape index (κ1) is 13.7. The van der Waals surface area contributed by atoms with Crippen molar-refractivity contribution in [2.45, 2.75) is 0 Å². The van der Waals surface area contributed by atoms with Gasteiger partial charge in [-0.05, 0) is 24.3 Å². The van der Waals surface area contributed by atoms with Gasteiger partial charge in [-0.2, -0.15) is 0 Å². The van der Waals surface area contributed by atoms with Crippen LogP contribution in [0.15, 0.2) is 42.5 Å². The molecule has 0 aliphatic carbocycles. The number of carbonyl (C=O) groups is 1. The van der Waals surface area contributed by atoms with Gasteiger partial charge in [-0.25, -0.2) is 4.79 Å². The quantitative estimate of drug-likeness (QED) is 0.907. The van der Waals surface area contributed by atoms with E-state index < -0.39 is 5.97 Å². The van der Waals surface area contributed by atoms with Gasteiger partial charge in [0.2, 0.25) is 5.75 Å². The van der Waals surface area contributed by atoms with E-state index >= 15 is 0 Å². The molecule has 0 saturated heterocycles. The molecule has 2 aromatic rings. The highest BCUT2D eigenvalue weighted by Crippen LogP contribution is 2.40. The number of hydrogen-bond donors (Lipinski definition) is 1. The normalized spacial score (nSPS) is 9.90. The maximum absolute atomic E-state index is 11.2. The van der Waals surface area contributed by atoms with E-state index in [9.17, 15) is 4.79 Å². The summed E-state index contributed by atoms with van der Waals surface area (Å²) in [5.41, 5.74) is 0.0699. The number of methoxy groups -OCH3 is 2. The van der Waals surface area contributed by atoms with Crippen LogP contribution in [0.4, 0.5) is 0 Å². The fourth-order valence-electron chi connectivity index (χ4n) is 1.76. The van der Waals surface area contributed by atoms with Gasteiger partial charge in [0, 0.05) is 0 Å². The molecule has 0 radical (unpaired) electrons. The molecule has 5 nitrogen and oxygen atoms in total. The van der Waals surface area contributed by atoms with Crippen LogP contribution in [0.2, 0.25) is 0 Å². The maximum Gasteiger partial charge on any atom is 0.339 e. The molecule has 0 atom stereocenters. The van der Waals surface area contributed by atoms with Crippen LogP contribution < -0.4 is 14.2 Å². The van der Waals surface area contributed by atoms with Gasteiger partial charge in [0.05, 0.1) is 14.2 Å². The Bertz CT molecular complexity index is 599. The molecule has 0 aromatic heterocycles. The summed E-state index contributed by atoms with van der Waals surface area (Å²) in [6.07, 6.45) is 0. The monoisotopic (exact) mass is 274 g/mol. The zero-order valence-corrected chi connectivity index (χ0v) is 11.1. The summed E-state index contributed by atoms with van der Waals surface area (Å²) in [4.78, 5) is 11.2. The largest absolute Gasteiger partial charge is 0.493 e. The molecule has 0 saturated carbocycles. The third-order valence-electron chi connectivity index (χ3n) is 2.71. The highest BCUT2D eigenvalue weighted by molar-refractivity contribution is 5.91. The molecule has 0 bridgehead atoms. The van der Waals surface area contributed by atoms with Crippen molar-refractivity contribution in [3.63, 3.8) is 0 Å². The van der Waals surface area contributed by atoms with Crippen LogP contribution in [0.25, 0.3) is 0 Å². The third kappa shape index (κ3) is 2.66. The van der Waals surface area contributed by atoms with Gasteiger partial charge in [-0.15, -0.1) is 0 Å². The number of aromatic carboxylic acids is 1. The van der Waals surface area contributed by atoms with Crippen molar-refractivity contribution >= 4 is 5.97 Å². The number of para-hydroxylation sites is 2. The standard InChI is InChI=1S/C15H14O5/c1-18-12-8-5-9-13(19-2)14(12)20-11-7-4-3-6-10(11)15(16)17/h3-9H,1-2H3,(H,16,17).